The highest BCUT2D eigenvalue weighted by Crippen LogP contribution is 2.27. The van der Waals surface area contributed by atoms with Crippen molar-refractivity contribution in [3.8, 4) is 0 Å². The number of alkyl halides is 1. The van der Waals surface area contributed by atoms with Crippen molar-refractivity contribution < 1.29 is 4.39 Å². The minimum absolute atomic E-state index is 0.301. The number of hydrogen-bond acceptors (Lipinski definition) is 5. The predicted octanol–water partition coefficient (Wildman–Crippen LogP) is 2.30. The first-order valence-corrected chi connectivity index (χ1v) is 9.50. The van der Waals surface area contributed by atoms with E-state index in [2.05, 4.69) is 39.5 Å². The summed E-state index contributed by atoms with van der Waals surface area (Å²) in [6.07, 6.45) is 1.19. The Balaban J connectivity index is 1.56. The molecule has 0 aromatic carbocycles. The smallest absolute Gasteiger partial charge is 0.114 e. The molecule has 1 aromatic rings. The summed E-state index contributed by atoms with van der Waals surface area (Å²) in [5.74, 6) is 0. The van der Waals surface area contributed by atoms with Gasteiger partial charge in [-0.05, 0) is 38.8 Å². The van der Waals surface area contributed by atoms with E-state index in [1.807, 2.05) is 6.92 Å². The zero-order valence-electron chi connectivity index (χ0n) is 14.5. The molecule has 0 spiro atoms. The average molecular weight is 341 g/mol. The molecule has 2 aliphatic rings. The number of likely N-dealkylation sites (tertiary alicyclic amines) is 1. The normalized spacial score (nSPS) is 32.2. The lowest BCUT2D eigenvalue weighted by molar-refractivity contribution is 0.148. The topological polar surface area (TPSA) is 31.4 Å². The number of likely N-dealkylation sites (N-methyl/N-ethyl adjacent to an activating group) is 1. The molecule has 3 heterocycles. The molecule has 130 valence electrons. The van der Waals surface area contributed by atoms with Gasteiger partial charge in [0.2, 0.25) is 0 Å². The fraction of sp³-hybridized carbons (Fsp3) is 0.824. The maximum Gasteiger partial charge on any atom is 0.114 e. The minimum atomic E-state index is -0.697. The molecule has 1 N–H and O–H groups in total. The minimum Gasteiger partial charge on any atom is -0.316 e. The monoisotopic (exact) mass is 340 g/mol. The van der Waals surface area contributed by atoms with Gasteiger partial charge in [0.1, 0.15) is 6.17 Å². The van der Waals surface area contributed by atoms with Gasteiger partial charge in [0.25, 0.3) is 0 Å². The van der Waals surface area contributed by atoms with Gasteiger partial charge in [-0.3, -0.25) is 4.90 Å². The van der Waals surface area contributed by atoms with Crippen molar-refractivity contribution in [3.05, 3.63) is 16.1 Å². The molecule has 0 amide bonds. The molecule has 2 saturated heterocycles. The zero-order valence-corrected chi connectivity index (χ0v) is 15.3. The van der Waals surface area contributed by atoms with Crippen LogP contribution in [0.5, 0.6) is 0 Å². The van der Waals surface area contributed by atoms with Crippen molar-refractivity contribution in [1.29, 1.82) is 0 Å². The van der Waals surface area contributed by atoms with E-state index in [-0.39, 0.29) is 0 Å². The van der Waals surface area contributed by atoms with Crippen molar-refractivity contribution in [3.63, 3.8) is 0 Å². The number of nitrogens with zero attached hydrogens (tertiary/aromatic N) is 3. The number of nitrogens with one attached hydrogen (secondary N) is 1. The van der Waals surface area contributed by atoms with Crippen LogP contribution >= 0.6 is 11.3 Å². The molecule has 0 bridgehead atoms. The first-order valence-electron chi connectivity index (χ1n) is 8.62. The Bertz CT molecular complexity index is 514. The third-order valence-corrected chi connectivity index (χ3v) is 5.96. The van der Waals surface area contributed by atoms with Gasteiger partial charge in [0.15, 0.2) is 0 Å². The van der Waals surface area contributed by atoms with E-state index in [1.165, 1.54) is 6.42 Å². The van der Waals surface area contributed by atoms with E-state index in [9.17, 15) is 4.39 Å². The van der Waals surface area contributed by atoms with Gasteiger partial charge in [-0.1, -0.05) is 6.92 Å². The molecule has 23 heavy (non-hydrogen) atoms. The summed E-state index contributed by atoms with van der Waals surface area (Å²) in [4.78, 5) is 9.22. The number of hydrogen-bond donors (Lipinski definition) is 1. The lowest BCUT2D eigenvalue weighted by Gasteiger charge is -2.33. The largest absolute Gasteiger partial charge is 0.316 e. The molecular formula is C17H29FN4S. The summed E-state index contributed by atoms with van der Waals surface area (Å²) in [5.41, 5.74) is 1.44. The molecule has 1 unspecified atom stereocenters. The highest BCUT2D eigenvalue weighted by Gasteiger charge is 2.35. The SMILES string of the molecule is Cc1nc(CN2C[C@@H](F)C[C@H]2CN(C)CC2(C)CCNC2)cs1. The molecule has 0 saturated carbocycles. The molecule has 0 aliphatic carbocycles. The number of halogens is 1. The van der Waals surface area contributed by atoms with Gasteiger partial charge in [-0.2, -0.15) is 0 Å². The van der Waals surface area contributed by atoms with Gasteiger partial charge in [-0.15, -0.1) is 11.3 Å². The van der Waals surface area contributed by atoms with Gasteiger partial charge in [0, 0.05) is 44.1 Å². The van der Waals surface area contributed by atoms with E-state index in [4.69, 9.17) is 0 Å². The predicted molar refractivity (Wildman–Crippen MR) is 93.7 cm³/mol. The summed E-state index contributed by atoms with van der Waals surface area (Å²) in [6, 6.07) is 0.301. The Kier molecular flexibility index (Phi) is 5.35. The fourth-order valence-electron chi connectivity index (χ4n) is 4.07. The zero-order chi connectivity index (χ0) is 16.4. The molecular weight excluding hydrogens is 311 g/mol. The van der Waals surface area contributed by atoms with E-state index < -0.39 is 6.17 Å². The van der Waals surface area contributed by atoms with Gasteiger partial charge >= 0.3 is 0 Å². The molecule has 6 heteroatoms. The summed E-state index contributed by atoms with van der Waals surface area (Å²) >= 11 is 1.68. The van der Waals surface area contributed by atoms with Crippen LogP contribution < -0.4 is 5.32 Å². The maximum absolute atomic E-state index is 14.0. The van der Waals surface area contributed by atoms with E-state index in [0.717, 1.165) is 43.4 Å². The van der Waals surface area contributed by atoms with Crippen LogP contribution in [0.4, 0.5) is 4.39 Å². The van der Waals surface area contributed by atoms with Crippen LogP contribution in [0.3, 0.4) is 0 Å². The van der Waals surface area contributed by atoms with Crippen LogP contribution in [0.25, 0.3) is 0 Å². The third-order valence-electron chi connectivity index (χ3n) is 5.14. The standard InChI is InChI=1S/C17H29FN4S/c1-13-20-15(10-23-13)8-22-7-14(18)6-16(22)9-21(3)12-17(2)4-5-19-11-17/h10,14,16,19H,4-9,11-12H2,1-3H3/t14-,16-,17?/m0/s1. The van der Waals surface area contributed by atoms with Crippen LogP contribution in [0, 0.1) is 12.3 Å². The fourth-order valence-corrected chi connectivity index (χ4v) is 4.68. The van der Waals surface area contributed by atoms with Crippen LogP contribution in [-0.4, -0.2) is 66.8 Å². The molecule has 4 nitrogen and oxygen atoms in total. The molecule has 0 radical (unpaired) electrons. The van der Waals surface area contributed by atoms with E-state index >= 15 is 0 Å². The Morgan fingerprint density at radius 1 is 1.57 bits per heavy atom. The Morgan fingerprint density at radius 2 is 2.39 bits per heavy atom. The van der Waals surface area contributed by atoms with Gasteiger partial charge in [0.05, 0.1) is 10.7 Å². The Morgan fingerprint density at radius 3 is 3.04 bits per heavy atom. The summed E-state index contributed by atoms with van der Waals surface area (Å²) in [5, 5.41) is 6.65. The molecule has 3 rings (SSSR count). The van der Waals surface area contributed by atoms with Gasteiger partial charge < -0.3 is 10.2 Å². The summed E-state index contributed by atoms with van der Waals surface area (Å²) < 4.78 is 14.0. The first-order chi connectivity index (χ1) is 10.9. The molecule has 3 atom stereocenters. The van der Waals surface area contributed by atoms with Crippen molar-refractivity contribution >= 4 is 11.3 Å². The number of thiazole rings is 1. The lowest BCUT2D eigenvalue weighted by atomic mass is 9.89. The molecule has 2 fully saturated rings. The number of aromatic nitrogens is 1. The van der Waals surface area contributed by atoms with E-state index in [1.54, 1.807) is 11.3 Å². The lowest BCUT2D eigenvalue weighted by Crippen LogP contribution is -2.43. The third kappa shape index (κ3) is 4.50. The average Bonchev–Trinajstić information content (AvgIpc) is 3.13. The molecule has 1 aromatic heterocycles. The number of aryl methyl sites for hydroxylation is 1. The van der Waals surface area contributed by atoms with Crippen LogP contribution in [0.15, 0.2) is 5.38 Å². The second kappa shape index (κ2) is 7.13. The van der Waals surface area contributed by atoms with Crippen LogP contribution in [0.1, 0.15) is 30.5 Å². The first kappa shape index (κ1) is 17.3. The van der Waals surface area contributed by atoms with Crippen LogP contribution in [0.2, 0.25) is 0 Å². The van der Waals surface area contributed by atoms with Crippen molar-refractivity contribution in [2.45, 2.75) is 45.4 Å². The Hall–Kier alpha value is -0.560. The van der Waals surface area contributed by atoms with Crippen molar-refractivity contribution in [2.24, 2.45) is 5.41 Å². The molecule has 2 aliphatic heterocycles. The second-order valence-electron chi connectivity index (χ2n) is 7.71. The quantitative estimate of drug-likeness (QED) is 0.861. The van der Waals surface area contributed by atoms with Crippen molar-refractivity contribution in [1.82, 2.24) is 20.1 Å². The maximum atomic E-state index is 14.0. The van der Waals surface area contributed by atoms with E-state index in [0.29, 0.717) is 24.4 Å². The second-order valence-corrected chi connectivity index (χ2v) is 8.77. The number of rotatable bonds is 6. The van der Waals surface area contributed by atoms with Gasteiger partial charge in [-0.25, -0.2) is 9.37 Å². The van der Waals surface area contributed by atoms with Crippen LogP contribution in [-0.2, 0) is 6.54 Å². The highest BCUT2D eigenvalue weighted by molar-refractivity contribution is 7.09. The van der Waals surface area contributed by atoms with Crippen molar-refractivity contribution in [2.75, 3.05) is 39.8 Å². The summed E-state index contributed by atoms with van der Waals surface area (Å²) in [6.45, 7) is 9.95. The Labute approximate surface area is 143 Å². The highest BCUT2D eigenvalue weighted by atomic mass is 32.1. The summed E-state index contributed by atoms with van der Waals surface area (Å²) in [7, 11) is 2.18.